The van der Waals surface area contributed by atoms with Crippen LogP contribution in [0.3, 0.4) is 0 Å². The molecular weight excluding hydrogens is 198 g/mol. The van der Waals surface area contributed by atoms with Crippen LogP contribution in [0.5, 0.6) is 0 Å². The number of carbonyl (C=O) groups excluding carboxylic acids is 1. The second-order valence-electron chi connectivity index (χ2n) is 3.39. The summed E-state index contributed by atoms with van der Waals surface area (Å²) in [7, 11) is 2.06. The van der Waals surface area contributed by atoms with Crippen LogP contribution in [0.2, 0.25) is 0 Å². The van der Waals surface area contributed by atoms with Crippen LogP contribution in [0.15, 0.2) is 36.5 Å². The first-order valence-corrected chi connectivity index (χ1v) is 5.58. The monoisotopic (exact) mass is 219 g/mol. The second kappa shape index (κ2) is 7.69. The molecule has 0 aliphatic heterocycles. The minimum atomic E-state index is 0.167. The van der Waals surface area contributed by atoms with E-state index in [1.807, 2.05) is 13.8 Å². The molecular formula is C14H21NO. The van der Waals surface area contributed by atoms with Gasteiger partial charge in [-0.15, -0.1) is 0 Å². The number of Topliss-reactive ketones (excluding diaryl/α,β-unsaturated/α-hetero) is 1. The second-order valence-corrected chi connectivity index (χ2v) is 3.39. The van der Waals surface area contributed by atoms with Gasteiger partial charge in [0.1, 0.15) is 5.78 Å². The minimum absolute atomic E-state index is 0.167. The Kier molecular flexibility index (Phi) is 6.93. The number of fused-ring (bicyclic) bond motifs is 1. The lowest BCUT2D eigenvalue weighted by molar-refractivity contribution is -0.114. The van der Waals surface area contributed by atoms with Crippen LogP contribution < -0.4 is 0 Å². The topological polar surface area (TPSA) is 22.0 Å². The zero-order valence-corrected chi connectivity index (χ0v) is 10.8. The van der Waals surface area contributed by atoms with Gasteiger partial charge in [0.15, 0.2) is 0 Å². The lowest BCUT2D eigenvalue weighted by atomic mass is 10.2. The first-order chi connectivity index (χ1) is 7.61. The van der Waals surface area contributed by atoms with Crippen molar-refractivity contribution >= 4 is 16.7 Å². The minimum Gasteiger partial charge on any atom is -0.351 e. The Labute approximate surface area is 97.9 Å². The molecule has 16 heavy (non-hydrogen) atoms. The van der Waals surface area contributed by atoms with Gasteiger partial charge in [0.05, 0.1) is 0 Å². The first kappa shape index (κ1) is 14.4. The predicted molar refractivity (Wildman–Crippen MR) is 70.6 cm³/mol. The maximum Gasteiger partial charge on any atom is 0.126 e. The van der Waals surface area contributed by atoms with E-state index in [4.69, 9.17) is 0 Å². The molecule has 0 unspecified atom stereocenters. The fourth-order valence-electron chi connectivity index (χ4n) is 1.22. The Morgan fingerprint density at radius 3 is 2.06 bits per heavy atom. The smallest absolute Gasteiger partial charge is 0.126 e. The van der Waals surface area contributed by atoms with Crippen LogP contribution in [0, 0.1) is 0 Å². The molecule has 0 saturated heterocycles. The largest absolute Gasteiger partial charge is 0.351 e. The van der Waals surface area contributed by atoms with Gasteiger partial charge < -0.3 is 9.36 Å². The van der Waals surface area contributed by atoms with Crippen LogP contribution in [0.4, 0.5) is 0 Å². The summed E-state index contributed by atoms with van der Waals surface area (Å²) in [5, 5.41) is 1.31. The normalized spacial score (nSPS) is 8.56. The summed E-state index contributed by atoms with van der Waals surface area (Å²) in [5.74, 6) is 0.167. The molecule has 0 amide bonds. The number of para-hydroxylation sites is 1. The molecule has 1 aromatic carbocycles. The number of hydrogen-bond acceptors (Lipinski definition) is 1. The number of hydrogen-bond donors (Lipinski definition) is 0. The molecule has 0 atom stereocenters. The Morgan fingerprint density at radius 2 is 1.56 bits per heavy atom. The van der Waals surface area contributed by atoms with Gasteiger partial charge >= 0.3 is 0 Å². The molecule has 2 nitrogen and oxygen atoms in total. The van der Waals surface area contributed by atoms with Gasteiger partial charge in [-0.2, -0.15) is 0 Å². The van der Waals surface area contributed by atoms with Crippen molar-refractivity contribution in [3.05, 3.63) is 36.5 Å². The highest BCUT2D eigenvalue weighted by Crippen LogP contribution is 2.12. The van der Waals surface area contributed by atoms with E-state index in [-0.39, 0.29) is 5.78 Å². The lowest BCUT2D eigenvalue weighted by Crippen LogP contribution is -1.81. The zero-order chi connectivity index (χ0) is 12.6. The van der Waals surface area contributed by atoms with Crippen molar-refractivity contribution in [2.24, 2.45) is 7.05 Å². The Balaban J connectivity index is 0.000000323. The molecule has 2 rings (SSSR count). The fraction of sp³-hybridized carbons (Fsp3) is 0.357. The number of nitrogens with zero attached hydrogens (tertiary/aromatic N) is 1. The molecule has 0 spiro atoms. The van der Waals surface area contributed by atoms with Gasteiger partial charge in [-0.3, -0.25) is 0 Å². The summed E-state index contributed by atoms with van der Waals surface area (Å²) in [6, 6.07) is 10.5. The number of aryl methyl sites for hydroxylation is 1. The molecule has 0 saturated carbocycles. The maximum absolute atomic E-state index is 9.44. The van der Waals surface area contributed by atoms with E-state index in [1.54, 1.807) is 0 Å². The first-order valence-electron chi connectivity index (χ1n) is 5.58. The van der Waals surface area contributed by atoms with Gasteiger partial charge in [0.2, 0.25) is 0 Å². The summed E-state index contributed by atoms with van der Waals surface area (Å²) in [6.45, 7) is 7.06. The maximum atomic E-state index is 9.44. The summed E-state index contributed by atoms with van der Waals surface area (Å²) in [4.78, 5) is 9.44. The van der Waals surface area contributed by atoms with E-state index >= 15 is 0 Å². The third-order valence-electron chi connectivity index (χ3n) is 1.79. The number of benzene rings is 1. The van der Waals surface area contributed by atoms with E-state index in [1.165, 1.54) is 24.8 Å². The lowest BCUT2D eigenvalue weighted by Gasteiger charge is -1.92. The molecule has 0 radical (unpaired) electrons. The highest BCUT2D eigenvalue weighted by Gasteiger charge is 1.92. The van der Waals surface area contributed by atoms with E-state index in [2.05, 4.69) is 48.1 Å². The van der Waals surface area contributed by atoms with Crippen LogP contribution in [-0.2, 0) is 11.8 Å². The highest BCUT2D eigenvalue weighted by molar-refractivity contribution is 5.79. The number of ketones is 1. The van der Waals surface area contributed by atoms with Crippen molar-refractivity contribution in [1.29, 1.82) is 0 Å². The van der Waals surface area contributed by atoms with Crippen LogP contribution in [0.25, 0.3) is 10.9 Å². The van der Waals surface area contributed by atoms with Crippen LogP contribution in [0.1, 0.15) is 27.7 Å². The molecule has 2 heteroatoms. The fourth-order valence-corrected chi connectivity index (χ4v) is 1.22. The molecule has 0 aliphatic carbocycles. The van der Waals surface area contributed by atoms with Crippen molar-refractivity contribution in [3.8, 4) is 0 Å². The van der Waals surface area contributed by atoms with Crippen molar-refractivity contribution in [1.82, 2.24) is 4.57 Å². The SMILES string of the molecule is CC.CC(C)=O.Cn1ccc2ccccc21. The molecule has 1 aromatic heterocycles. The third-order valence-corrected chi connectivity index (χ3v) is 1.79. The summed E-state index contributed by atoms with van der Waals surface area (Å²) < 4.78 is 2.12. The summed E-state index contributed by atoms with van der Waals surface area (Å²) in [6.07, 6.45) is 2.07. The van der Waals surface area contributed by atoms with Gasteiger partial charge in [-0.05, 0) is 31.4 Å². The van der Waals surface area contributed by atoms with Gasteiger partial charge in [0.25, 0.3) is 0 Å². The van der Waals surface area contributed by atoms with Crippen molar-refractivity contribution in [3.63, 3.8) is 0 Å². The average molecular weight is 219 g/mol. The molecule has 0 N–H and O–H groups in total. The summed E-state index contributed by atoms with van der Waals surface area (Å²) in [5.41, 5.74) is 1.29. The summed E-state index contributed by atoms with van der Waals surface area (Å²) >= 11 is 0. The van der Waals surface area contributed by atoms with Gasteiger partial charge in [-0.25, -0.2) is 0 Å². The Bertz CT molecular complexity index is 425. The molecule has 88 valence electrons. The van der Waals surface area contributed by atoms with Crippen molar-refractivity contribution in [2.75, 3.05) is 0 Å². The van der Waals surface area contributed by atoms with E-state index in [9.17, 15) is 4.79 Å². The zero-order valence-electron chi connectivity index (χ0n) is 10.8. The van der Waals surface area contributed by atoms with Gasteiger partial charge in [-0.1, -0.05) is 32.0 Å². The highest BCUT2D eigenvalue weighted by atomic mass is 16.1. The predicted octanol–water partition coefficient (Wildman–Crippen LogP) is 3.80. The van der Waals surface area contributed by atoms with Crippen molar-refractivity contribution in [2.45, 2.75) is 27.7 Å². The number of aromatic nitrogens is 1. The quantitative estimate of drug-likeness (QED) is 0.660. The standard InChI is InChI=1S/C9H9N.C3H6O.C2H6/c1-10-7-6-8-4-2-3-5-9(8)10;1-3(2)4;1-2/h2-7H,1H3;1-2H3;1-2H3. The Morgan fingerprint density at radius 1 is 1.06 bits per heavy atom. The number of carbonyl (C=O) groups is 1. The Hall–Kier alpha value is -1.57. The van der Waals surface area contributed by atoms with E-state index in [0.29, 0.717) is 0 Å². The van der Waals surface area contributed by atoms with Crippen LogP contribution in [-0.4, -0.2) is 10.4 Å². The van der Waals surface area contributed by atoms with Crippen LogP contribution >= 0.6 is 0 Å². The molecule has 1 heterocycles. The van der Waals surface area contributed by atoms with E-state index in [0.717, 1.165) is 0 Å². The molecule has 2 aromatic rings. The molecule has 0 fully saturated rings. The molecule has 0 bridgehead atoms. The average Bonchev–Trinajstić information content (AvgIpc) is 2.64. The van der Waals surface area contributed by atoms with E-state index < -0.39 is 0 Å². The number of rotatable bonds is 0. The van der Waals surface area contributed by atoms with Gasteiger partial charge in [0, 0.05) is 18.8 Å². The molecule has 0 aliphatic rings. The third kappa shape index (κ3) is 4.78. The van der Waals surface area contributed by atoms with Crippen molar-refractivity contribution < 1.29 is 4.79 Å².